The highest BCUT2D eigenvalue weighted by atomic mass is 35.5. The predicted octanol–water partition coefficient (Wildman–Crippen LogP) is 3.47. The Morgan fingerprint density at radius 2 is 2.05 bits per heavy atom. The van der Waals surface area contributed by atoms with Gasteiger partial charge in [-0.15, -0.1) is 0 Å². The number of hydrogen-bond acceptors (Lipinski definition) is 4. The summed E-state index contributed by atoms with van der Waals surface area (Å²) in [7, 11) is 0. The summed E-state index contributed by atoms with van der Waals surface area (Å²) in [6, 6.07) is 2.88. The molecule has 0 aromatic heterocycles. The van der Waals surface area contributed by atoms with Gasteiger partial charge in [-0.1, -0.05) is 36.5 Å². The van der Waals surface area contributed by atoms with E-state index in [9.17, 15) is 10.1 Å². The average Bonchev–Trinajstić information content (AvgIpc) is 2.39. The van der Waals surface area contributed by atoms with Crippen LogP contribution >= 0.6 is 23.2 Å². The molecule has 1 aromatic carbocycles. The van der Waals surface area contributed by atoms with Crippen LogP contribution in [0, 0.1) is 16.0 Å². The molecule has 2 N–H and O–H groups in total. The van der Waals surface area contributed by atoms with Crippen LogP contribution in [0.25, 0.3) is 0 Å². The zero-order valence-electron chi connectivity index (χ0n) is 11.2. The Bertz CT molecular complexity index is 501. The lowest BCUT2D eigenvalue weighted by Gasteiger charge is -2.38. The number of nitrogens with zero attached hydrogens (tertiary/aromatic N) is 2. The third kappa shape index (κ3) is 3.00. The van der Waals surface area contributed by atoms with E-state index in [0.717, 1.165) is 25.9 Å². The van der Waals surface area contributed by atoms with Crippen LogP contribution in [0.2, 0.25) is 10.0 Å². The number of hydrogen-bond donors (Lipinski definition) is 1. The first-order valence-corrected chi connectivity index (χ1v) is 7.33. The van der Waals surface area contributed by atoms with Crippen molar-refractivity contribution in [3.8, 4) is 0 Å². The zero-order valence-corrected chi connectivity index (χ0v) is 12.7. The first-order chi connectivity index (χ1) is 9.43. The van der Waals surface area contributed by atoms with Crippen LogP contribution < -0.4 is 10.6 Å². The van der Waals surface area contributed by atoms with Crippen molar-refractivity contribution in [3.63, 3.8) is 0 Å². The molecular formula is C13H17Cl2N3O2. The normalized spacial score (nSPS) is 22.9. The molecule has 5 nitrogen and oxygen atoms in total. The van der Waals surface area contributed by atoms with Gasteiger partial charge in [0.2, 0.25) is 0 Å². The fourth-order valence-corrected chi connectivity index (χ4v) is 3.36. The van der Waals surface area contributed by atoms with Gasteiger partial charge in [-0.05, 0) is 12.3 Å². The third-order valence-corrected chi connectivity index (χ3v) is 4.42. The number of anilines is 1. The van der Waals surface area contributed by atoms with Crippen LogP contribution in [0.1, 0.15) is 19.8 Å². The standard InChI is InChI=1S/C13H17Cl2N3O2/c1-2-8-7-17(4-3-12(8)16)13-10(14)5-9(18(19)20)6-11(13)15/h5-6,8,12H,2-4,7,16H2,1H3. The molecule has 0 radical (unpaired) electrons. The van der Waals surface area contributed by atoms with Gasteiger partial charge < -0.3 is 10.6 Å². The summed E-state index contributed by atoms with van der Waals surface area (Å²) >= 11 is 12.4. The summed E-state index contributed by atoms with van der Waals surface area (Å²) < 4.78 is 0. The second-order valence-electron chi connectivity index (χ2n) is 5.08. The Kier molecular flexibility index (Phi) is 4.73. The van der Waals surface area contributed by atoms with Crippen molar-refractivity contribution in [2.45, 2.75) is 25.8 Å². The van der Waals surface area contributed by atoms with Gasteiger partial charge in [0.15, 0.2) is 0 Å². The van der Waals surface area contributed by atoms with Crippen LogP contribution in [0.15, 0.2) is 12.1 Å². The van der Waals surface area contributed by atoms with Gasteiger partial charge in [0.1, 0.15) is 0 Å². The van der Waals surface area contributed by atoms with Gasteiger partial charge in [0.05, 0.1) is 20.7 Å². The number of non-ortho nitro benzene ring substituents is 1. The van der Waals surface area contributed by atoms with Gasteiger partial charge in [-0.2, -0.15) is 0 Å². The summed E-state index contributed by atoms with van der Waals surface area (Å²) in [6.45, 7) is 3.64. The molecular weight excluding hydrogens is 301 g/mol. The molecule has 110 valence electrons. The molecule has 0 bridgehead atoms. The molecule has 7 heteroatoms. The van der Waals surface area contributed by atoms with Crippen LogP contribution in [0.4, 0.5) is 11.4 Å². The number of halogens is 2. The van der Waals surface area contributed by atoms with E-state index in [1.165, 1.54) is 12.1 Å². The second-order valence-corrected chi connectivity index (χ2v) is 5.90. The van der Waals surface area contributed by atoms with Gasteiger partial charge in [0.25, 0.3) is 5.69 Å². The minimum Gasteiger partial charge on any atom is -0.369 e. The predicted molar refractivity (Wildman–Crippen MR) is 81.7 cm³/mol. The van der Waals surface area contributed by atoms with E-state index < -0.39 is 4.92 Å². The molecule has 20 heavy (non-hydrogen) atoms. The first kappa shape index (κ1) is 15.4. The van der Waals surface area contributed by atoms with Crippen LogP contribution in [-0.2, 0) is 0 Å². The van der Waals surface area contributed by atoms with Crippen molar-refractivity contribution < 1.29 is 4.92 Å². The number of nitro benzene ring substituents is 1. The van der Waals surface area contributed by atoms with Crippen molar-refractivity contribution >= 4 is 34.6 Å². The van der Waals surface area contributed by atoms with E-state index in [2.05, 4.69) is 11.8 Å². The maximum Gasteiger partial charge on any atom is 0.272 e. The van der Waals surface area contributed by atoms with E-state index in [4.69, 9.17) is 28.9 Å². The largest absolute Gasteiger partial charge is 0.369 e. The summed E-state index contributed by atoms with van der Waals surface area (Å²) in [6.07, 6.45) is 1.85. The molecule has 1 fully saturated rings. The van der Waals surface area contributed by atoms with Crippen molar-refractivity contribution in [3.05, 3.63) is 32.3 Å². The van der Waals surface area contributed by atoms with E-state index >= 15 is 0 Å². The third-order valence-electron chi connectivity index (χ3n) is 3.85. The number of benzene rings is 1. The Hall–Kier alpha value is -1.04. The molecule has 0 saturated carbocycles. The maximum absolute atomic E-state index is 10.8. The van der Waals surface area contributed by atoms with E-state index in [1.54, 1.807) is 0 Å². The molecule has 2 atom stereocenters. The highest BCUT2D eigenvalue weighted by Gasteiger charge is 2.28. The molecule has 2 rings (SSSR count). The number of nitro groups is 1. The first-order valence-electron chi connectivity index (χ1n) is 6.58. The van der Waals surface area contributed by atoms with Gasteiger partial charge >= 0.3 is 0 Å². The van der Waals surface area contributed by atoms with Gasteiger partial charge in [-0.3, -0.25) is 10.1 Å². The van der Waals surface area contributed by atoms with Gasteiger partial charge in [-0.25, -0.2) is 0 Å². The van der Waals surface area contributed by atoms with Crippen molar-refractivity contribution in [2.75, 3.05) is 18.0 Å². The van der Waals surface area contributed by atoms with E-state index in [0.29, 0.717) is 21.7 Å². The van der Waals surface area contributed by atoms with E-state index in [1.807, 2.05) is 0 Å². The average molecular weight is 318 g/mol. The Morgan fingerprint density at radius 1 is 1.45 bits per heavy atom. The van der Waals surface area contributed by atoms with E-state index in [-0.39, 0.29) is 11.7 Å². The lowest BCUT2D eigenvalue weighted by atomic mass is 9.90. The summed E-state index contributed by atoms with van der Waals surface area (Å²) in [5.74, 6) is 0.381. The molecule has 0 amide bonds. The van der Waals surface area contributed by atoms with Crippen LogP contribution in [-0.4, -0.2) is 24.1 Å². The Morgan fingerprint density at radius 3 is 2.55 bits per heavy atom. The van der Waals surface area contributed by atoms with Crippen LogP contribution in [0.3, 0.4) is 0 Å². The van der Waals surface area contributed by atoms with Crippen molar-refractivity contribution in [2.24, 2.45) is 11.7 Å². The SMILES string of the molecule is CCC1CN(c2c(Cl)cc([N+](=O)[O-])cc2Cl)CCC1N. The lowest BCUT2D eigenvalue weighted by molar-refractivity contribution is -0.384. The molecule has 0 aliphatic carbocycles. The molecule has 2 unspecified atom stereocenters. The fraction of sp³-hybridized carbons (Fsp3) is 0.538. The van der Waals surface area contributed by atoms with Crippen molar-refractivity contribution in [1.29, 1.82) is 0 Å². The summed E-state index contributed by atoms with van der Waals surface area (Å²) in [5.41, 5.74) is 6.67. The van der Waals surface area contributed by atoms with Crippen LogP contribution in [0.5, 0.6) is 0 Å². The summed E-state index contributed by atoms with van der Waals surface area (Å²) in [4.78, 5) is 12.4. The monoisotopic (exact) mass is 317 g/mol. The number of piperidine rings is 1. The minimum absolute atomic E-state index is 0.0931. The molecule has 1 aliphatic rings. The van der Waals surface area contributed by atoms with Gasteiger partial charge in [0, 0.05) is 31.3 Å². The Balaban J connectivity index is 2.31. The fourth-order valence-electron chi connectivity index (χ4n) is 2.64. The molecule has 1 saturated heterocycles. The second kappa shape index (κ2) is 6.16. The highest BCUT2D eigenvalue weighted by molar-refractivity contribution is 6.39. The van der Waals surface area contributed by atoms with Crippen molar-refractivity contribution in [1.82, 2.24) is 0 Å². The smallest absolute Gasteiger partial charge is 0.272 e. The molecule has 1 aromatic rings. The molecule has 1 heterocycles. The quantitative estimate of drug-likeness (QED) is 0.684. The number of nitrogens with two attached hydrogens (primary N) is 1. The zero-order chi connectivity index (χ0) is 14.9. The lowest BCUT2D eigenvalue weighted by Crippen LogP contribution is -2.47. The highest BCUT2D eigenvalue weighted by Crippen LogP contribution is 2.39. The maximum atomic E-state index is 10.8. The molecule has 0 spiro atoms. The minimum atomic E-state index is -0.498. The topological polar surface area (TPSA) is 72.4 Å². The number of rotatable bonds is 3. The Labute approximate surface area is 127 Å². The summed E-state index contributed by atoms with van der Waals surface area (Å²) in [5, 5.41) is 11.4. The molecule has 1 aliphatic heterocycles.